The third-order valence-corrected chi connectivity index (χ3v) is 3.13. The Morgan fingerprint density at radius 3 is 2.41 bits per heavy atom. The fourth-order valence-electron chi connectivity index (χ4n) is 1.88. The molecule has 0 spiro atoms. The van der Waals surface area contributed by atoms with Gasteiger partial charge in [0.25, 0.3) is 0 Å². The van der Waals surface area contributed by atoms with Crippen molar-refractivity contribution < 1.29 is 9.47 Å². The normalized spacial score (nSPS) is 11.3. The highest BCUT2D eigenvalue weighted by atomic mass is 35.5. The maximum absolute atomic E-state index is 5.75. The second-order valence-corrected chi connectivity index (χ2v) is 4.87. The average Bonchev–Trinajstić information content (AvgIpc) is 2.55. The van der Waals surface area contributed by atoms with Crippen molar-refractivity contribution in [3.63, 3.8) is 0 Å². The highest BCUT2D eigenvalue weighted by molar-refractivity contribution is 6.28. The summed E-state index contributed by atoms with van der Waals surface area (Å²) in [5.74, 6) is 2.24. The summed E-state index contributed by atoms with van der Waals surface area (Å²) in [5.41, 5.74) is 7.41. The molecule has 0 aliphatic carbocycles. The summed E-state index contributed by atoms with van der Waals surface area (Å²) in [4.78, 5) is 4.22. The van der Waals surface area contributed by atoms with Gasteiger partial charge >= 0.3 is 0 Å². The minimum absolute atomic E-state index is 0.215. The van der Waals surface area contributed by atoms with Crippen molar-refractivity contribution in [3.8, 4) is 11.5 Å². The molecule has 0 aromatic heterocycles. The number of benzene rings is 2. The minimum Gasteiger partial charge on any atom is -0.494 e. The van der Waals surface area contributed by atoms with E-state index in [1.165, 1.54) is 0 Å². The Balaban J connectivity index is 1.97. The molecule has 5 heteroatoms. The number of ether oxygens (including phenoxy) is 2. The molecule has 0 heterocycles. The van der Waals surface area contributed by atoms with E-state index in [1.54, 1.807) is 0 Å². The second kappa shape index (κ2) is 8.29. The first-order valence-corrected chi connectivity index (χ1v) is 7.58. The van der Waals surface area contributed by atoms with E-state index in [0.717, 1.165) is 22.7 Å². The summed E-state index contributed by atoms with van der Waals surface area (Å²) in [6, 6.07) is 15.2. The van der Waals surface area contributed by atoms with Crippen molar-refractivity contribution in [1.29, 1.82) is 0 Å². The third kappa shape index (κ3) is 4.97. The van der Waals surface area contributed by atoms with Crippen LogP contribution in [0, 0.1) is 0 Å². The van der Waals surface area contributed by atoms with E-state index >= 15 is 0 Å². The fourth-order valence-corrected chi connectivity index (χ4v) is 1.94. The van der Waals surface area contributed by atoms with Gasteiger partial charge in [-0.15, -0.1) is 11.6 Å². The topological polar surface area (TPSA) is 56.8 Å². The number of hydrogen-bond acceptors (Lipinski definition) is 3. The quantitative estimate of drug-likeness (QED) is 0.478. The van der Waals surface area contributed by atoms with Crippen LogP contribution in [-0.4, -0.2) is 18.3 Å². The van der Waals surface area contributed by atoms with Gasteiger partial charge in [-0.2, -0.15) is 0 Å². The third-order valence-electron chi connectivity index (χ3n) is 2.86. The Bertz CT molecular complexity index is 627. The summed E-state index contributed by atoms with van der Waals surface area (Å²) in [7, 11) is 0. The van der Waals surface area contributed by atoms with Crippen LogP contribution in [0.5, 0.6) is 11.5 Å². The first kappa shape index (κ1) is 16.2. The lowest BCUT2D eigenvalue weighted by Crippen LogP contribution is -2.12. The van der Waals surface area contributed by atoms with E-state index in [0.29, 0.717) is 19.0 Å². The molecule has 0 saturated carbocycles. The number of hydrogen-bond donors (Lipinski definition) is 1. The molecule has 0 saturated heterocycles. The van der Waals surface area contributed by atoms with Crippen molar-refractivity contribution in [2.24, 2.45) is 10.7 Å². The van der Waals surface area contributed by atoms with Crippen LogP contribution in [-0.2, 0) is 6.61 Å². The lowest BCUT2D eigenvalue weighted by molar-refractivity contribution is 0.304. The minimum atomic E-state index is 0.215. The molecule has 116 valence electrons. The number of amidine groups is 1. The van der Waals surface area contributed by atoms with Crippen LogP contribution in [0.2, 0.25) is 0 Å². The van der Waals surface area contributed by atoms with Crippen LogP contribution < -0.4 is 15.2 Å². The molecule has 0 aliphatic heterocycles. The van der Waals surface area contributed by atoms with Crippen LogP contribution in [0.15, 0.2) is 53.5 Å². The van der Waals surface area contributed by atoms with Crippen LogP contribution >= 0.6 is 11.6 Å². The number of halogens is 1. The molecule has 0 aliphatic rings. The Morgan fingerprint density at radius 1 is 1.09 bits per heavy atom. The number of rotatable bonds is 7. The first-order chi connectivity index (χ1) is 10.7. The summed E-state index contributed by atoms with van der Waals surface area (Å²) in [5, 5.41) is 0. The van der Waals surface area contributed by atoms with Crippen molar-refractivity contribution >= 4 is 23.1 Å². The number of nitrogens with two attached hydrogens (primary N) is 1. The Labute approximate surface area is 135 Å². The molecular weight excluding hydrogens is 300 g/mol. The zero-order valence-electron chi connectivity index (χ0n) is 12.5. The van der Waals surface area contributed by atoms with E-state index < -0.39 is 0 Å². The molecule has 0 unspecified atom stereocenters. The molecule has 0 atom stereocenters. The maximum atomic E-state index is 5.75. The molecule has 0 radical (unpaired) electrons. The Hall–Kier alpha value is -2.20. The lowest BCUT2D eigenvalue weighted by atomic mass is 10.2. The van der Waals surface area contributed by atoms with E-state index in [1.807, 2.05) is 55.5 Å². The highest BCUT2D eigenvalue weighted by Gasteiger charge is 1.99. The van der Waals surface area contributed by atoms with Crippen molar-refractivity contribution in [1.82, 2.24) is 0 Å². The van der Waals surface area contributed by atoms with E-state index in [9.17, 15) is 0 Å². The molecular formula is C17H19ClN2O2. The van der Waals surface area contributed by atoms with Crippen LogP contribution in [0.4, 0.5) is 5.69 Å². The summed E-state index contributed by atoms with van der Waals surface area (Å²) in [6.45, 7) is 3.06. The smallest absolute Gasteiger partial charge is 0.120 e. The fraction of sp³-hybridized carbons (Fsp3) is 0.235. The van der Waals surface area contributed by atoms with Crippen molar-refractivity contribution in [3.05, 3.63) is 54.1 Å². The van der Waals surface area contributed by atoms with Crippen LogP contribution in [0.3, 0.4) is 0 Å². The van der Waals surface area contributed by atoms with Crippen LogP contribution in [0.1, 0.15) is 12.5 Å². The van der Waals surface area contributed by atoms with E-state index in [4.69, 9.17) is 26.8 Å². The predicted octanol–water partition coefficient (Wildman–Crippen LogP) is 3.89. The molecule has 0 fully saturated rings. The summed E-state index contributed by atoms with van der Waals surface area (Å²) in [6.07, 6.45) is 0. The molecule has 4 nitrogen and oxygen atoms in total. The predicted molar refractivity (Wildman–Crippen MR) is 90.4 cm³/mol. The van der Waals surface area contributed by atoms with Crippen molar-refractivity contribution in [2.75, 3.05) is 12.5 Å². The maximum Gasteiger partial charge on any atom is 0.120 e. The molecule has 0 bridgehead atoms. The highest BCUT2D eigenvalue weighted by Crippen LogP contribution is 2.20. The van der Waals surface area contributed by atoms with E-state index in [-0.39, 0.29) is 5.88 Å². The molecule has 2 rings (SSSR count). The van der Waals surface area contributed by atoms with Gasteiger partial charge in [-0.1, -0.05) is 12.1 Å². The van der Waals surface area contributed by atoms with Crippen molar-refractivity contribution in [2.45, 2.75) is 13.5 Å². The standard InChI is InChI=1S/C17H19ClN2O2/c1-2-21-15-6-8-16(9-7-15)22-12-13-4-3-5-14(10-13)20-17(19)11-18/h3-10H,2,11-12H2,1H3,(H2,19,20). The number of nitrogens with zero attached hydrogens (tertiary/aromatic N) is 1. The van der Waals surface area contributed by atoms with Gasteiger partial charge in [0, 0.05) is 0 Å². The molecule has 0 amide bonds. The largest absolute Gasteiger partial charge is 0.494 e. The van der Waals surface area contributed by atoms with Crippen LogP contribution in [0.25, 0.3) is 0 Å². The number of alkyl halides is 1. The SMILES string of the molecule is CCOc1ccc(OCc2cccc(N=C(N)CCl)c2)cc1. The molecule has 2 aromatic carbocycles. The zero-order valence-corrected chi connectivity index (χ0v) is 13.2. The second-order valence-electron chi connectivity index (χ2n) is 4.60. The van der Waals surface area contributed by atoms with Gasteiger partial charge < -0.3 is 15.2 Å². The Kier molecular flexibility index (Phi) is 6.10. The van der Waals surface area contributed by atoms with Gasteiger partial charge in [-0.05, 0) is 48.9 Å². The Morgan fingerprint density at radius 2 is 1.77 bits per heavy atom. The lowest BCUT2D eigenvalue weighted by Gasteiger charge is -2.08. The first-order valence-electron chi connectivity index (χ1n) is 7.05. The molecule has 2 N–H and O–H groups in total. The summed E-state index contributed by atoms with van der Waals surface area (Å²) >= 11 is 5.63. The van der Waals surface area contributed by atoms with E-state index in [2.05, 4.69) is 4.99 Å². The average molecular weight is 319 g/mol. The monoisotopic (exact) mass is 318 g/mol. The molecule has 22 heavy (non-hydrogen) atoms. The molecule has 2 aromatic rings. The van der Waals surface area contributed by atoms with Gasteiger partial charge in [-0.25, -0.2) is 4.99 Å². The van der Waals surface area contributed by atoms with Gasteiger partial charge in [0.2, 0.25) is 0 Å². The summed E-state index contributed by atoms with van der Waals surface area (Å²) < 4.78 is 11.1. The van der Waals surface area contributed by atoms with Gasteiger partial charge in [0.1, 0.15) is 23.9 Å². The number of aliphatic imine (C=N–C) groups is 1. The van der Waals surface area contributed by atoms with Gasteiger partial charge in [-0.3, -0.25) is 0 Å². The van der Waals surface area contributed by atoms with Gasteiger partial charge in [0.05, 0.1) is 18.2 Å². The van der Waals surface area contributed by atoms with Gasteiger partial charge in [0.15, 0.2) is 0 Å². The zero-order chi connectivity index (χ0) is 15.8.